The largest absolute Gasteiger partial charge is 0.478 e. The molecule has 0 aliphatic rings. The van der Waals surface area contributed by atoms with E-state index in [1.807, 2.05) is 0 Å². The number of hydrogen-bond donors (Lipinski definition) is 2. The van der Waals surface area contributed by atoms with Gasteiger partial charge in [-0.3, -0.25) is 4.79 Å². The first-order valence-electron chi connectivity index (χ1n) is 5.41. The number of carbonyl (C=O) groups is 2. The van der Waals surface area contributed by atoms with E-state index in [0.717, 1.165) is 0 Å². The highest BCUT2D eigenvalue weighted by Crippen LogP contribution is 2.23. The molecular formula is C12H15FN2O3. The molecule has 0 fully saturated rings. The molecular weight excluding hydrogens is 239 g/mol. The fourth-order valence-corrected chi connectivity index (χ4v) is 1.58. The molecule has 0 aliphatic heterocycles. The topological polar surface area (TPSA) is 69.6 Å². The average molecular weight is 254 g/mol. The first kappa shape index (κ1) is 14.0. The average Bonchev–Trinajstić information content (AvgIpc) is 2.34. The lowest BCUT2D eigenvalue weighted by atomic mass is 10.1. The summed E-state index contributed by atoms with van der Waals surface area (Å²) in [7, 11) is 3.06. The number of benzene rings is 1. The van der Waals surface area contributed by atoms with E-state index >= 15 is 0 Å². The van der Waals surface area contributed by atoms with Crippen molar-refractivity contribution in [2.45, 2.75) is 6.42 Å². The van der Waals surface area contributed by atoms with Gasteiger partial charge < -0.3 is 15.3 Å². The van der Waals surface area contributed by atoms with Crippen LogP contribution in [0, 0.1) is 5.82 Å². The molecule has 5 nitrogen and oxygen atoms in total. The van der Waals surface area contributed by atoms with E-state index in [0.29, 0.717) is 0 Å². The Bertz CT molecular complexity index is 463. The molecule has 0 saturated carbocycles. The molecule has 98 valence electrons. The number of carboxylic acid groups (broad SMARTS) is 1. The van der Waals surface area contributed by atoms with Gasteiger partial charge in [0.1, 0.15) is 5.82 Å². The van der Waals surface area contributed by atoms with Crippen molar-refractivity contribution in [3.05, 3.63) is 29.6 Å². The van der Waals surface area contributed by atoms with E-state index in [-0.39, 0.29) is 30.1 Å². The van der Waals surface area contributed by atoms with E-state index < -0.39 is 11.8 Å². The predicted molar refractivity (Wildman–Crippen MR) is 65.3 cm³/mol. The molecule has 0 aromatic heterocycles. The highest BCUT2D eigenvalue weighted by molar-refractivity contribution is 5.94. The zero-order chi connectivity index (χ0) is 13.7. The minimum atomic E-state index is -1.20. The quantitative estimate of drug-likeness (QED) is 0.825. The van der Waals surface area contributed by atoms with E-state index in [9.17, 15) is 14.0 Å². The van der Waals surface area contributed by atoms with Crippen molar-refractivity contribution in [1.29, 1.82) is 0 Å². The molecule has 0 unspecified atom stereocenters. The van der Waals surface area contributed by atoms with Crippen molar-refractivity contribution in [2.24, 2.45) is 0 Å². The summed E-state index contributed by atoms with van der Waals surface area (Å²) >= 11 is 0. The second-order valence-electron chi connectivity index (χ2n) is 3.79. The molecule has 1 aromatic carbocycles. The van der Waals surface area contributed by atoms with Gasteiger partial charge in [0.2, 0.25) is 5.91 Å². The van der Waals surface area contributed by atoms with Gasteiger partial charge in [-0.25, -0.2) is 9.18 Å². The van der Waals surface area contributed by atoms with E-state index in [1.54, 1.807) is 7.05 Å². The third kappa shape index (κ3) is 3.19. The molecule has 2 N–H and O–H groups in total. The van der Waals surface area contributed by atoms with Crippen LogP contribution in [0.15, 0.2) is 18.2 Å². The lowest BCUT2D eigenvalue weighted by molar-refractivity contribution is -0.120. The van der Waals surface area contributed by atoms with E-state index in [1.165, 1.54) is 30.1 Å². The molecule has 1 rings (SSSR count). The molecule has 6 heteroatoms. The van der Waals surface area contributed by atoms with Crippen LogP contribution in [0.2, 0.25) is 0 Å². The Balaban J connectivity index is 2.94. The van der Waals surface area contributed by atoms with Crippen LogP contribution in [0.3, 0.4) is 0 Å². The number of carbonyl (C=O) groups excluding carboxylic acids is 1. The summed E-state index contributed by atoms with van der Waals surface area (Å²) in [5.41, 5.74) is -0.122. The Hall–Kier alpha value is -2.11. The molecule has 0 saturated heterocycles. The molecule has 0 radical (unpaired) electrons. The zero-order valence-electron chi connectivity index (χ0n) is 10.2. The molecule has 1 amide bonds. The summed E-state index contributed by atoms with van der Waals surface area (Å²) in [5.74, 6) is -2.00. The first-order valence-corrected chi connectivity index (χ1v) is 5.41. The summed E-state index contributed by atoms with van der Waals surface area (Å²) in [6.45, 7) is 0.237. The Morgan fingerprint density at radius 1 is 1.44 bits per heavy atom. The summed E-state index contributed by atoms with van der Waals surface area (Å²) in [6, 6.07) is 3.87. The lowest BCUT2D eigenvalue weighted by Crippen LogP contribution is -2.28. The Labute approximate surface area is 104 Å². The number of hydrogen-bond acceptors (Lipinski definition) is 3. The zero-order valence-corrected chi connectivity index (χ0v) is 10.2. The molecule has 0 bridgehead atoms. The SMILES string of the molecule is CNC(=O)CCN(C)c1c(F)cccc1C(=O)O. The molecule has 0 aliphatic carbocycles. The summed E-state index contributed by atoms with van der Waals surface area (Å²) < 4.78 is 13.7. The number of para-hydroxylation sites is 1. The van der Waals surface area contributed by atoms with Gasteiger partial charge in [0.05, 0.1) is 11.3 Å². The van der Waals surface area contributed by atoms with Crippen LogP contribution in [0.25, 0.3) is 0 Å². The summed E-state index contributed by atoms with van der Waals surface area (Å²) in [6.07, 6.45) is 0.167. The van der Waals surface area contributed by atoms with Gasteiger partial charge in [-0.15, -0.1) is 0 Å². The second-order valence-corrected chi connectivity index (χ2v) is 3.79. The summed E-state index contributed by atoms with van der Waals surface area (Å²) in [5, 5.41) is 11.4. The van der Waals surface area contributed by atoms with Crippen LogP contribution in [-0.4, -0.2) is 37.6 Å². The normalized spacial score (nSPS) is 9.94. The predicted octanol–water partition coefficient (Wildman–Crippen LogP) is 1.10. The highest BCUT2D eigenvalue weighted by atomic mass is 19.1. The maximum absolute atomic E-state index is 13.7. The van der Waals surface area contributed by atoms with Crippen molar-refractivity contribution in [3.8, 4) is 0 Å². The fraction of sp³-hybridized carbons (Fsp3) is 0.333. The van der Waals surface area contributed by atoms with Crippen LogP contribution < -0.4 is 10.2 Å². The van der Waals surface area contributed by atoms with Crippen LogP contribution in [-0.2, 0) is 4.79 Å². The minimum absolute atomic E-state index is 0.00565. The van der Waals surface area contributed by atoms with E-state index in [2.05, 4.69) is 5.32 Å². The van der Waals surface area contributed by atoms with Gasteiger partial charge in [-0.2, -0.15) is 0 Å². The van der Waals surface area contributed by atoms with Gasteiger partial charge in [-0.1, -0.05) is 6.07 Å². The Kier molecular flexibility index (Phi) is 4.65. The number of amides is 1. The van der Waals surface area contributed by atoms with Crippen molar-refractivity contribution >= 4 is 17.6 Å². The molecule has 1 aromatic rings. The van der Waals surface area contributed by atoms with Crippen LogP contribution >= 0.6 is 0 Å². The number of nitrogens with zero attached hydrogens (tertiary/aromatic N) is 1. The van der Waals surface area contributed by atoms with Crippen molar-refractivity contribution in [2.75, 3.05) is 25.5 Å². The maximum Gasteiger partial charge on any atom is 0.337 e. The molecule has 18 heavy (non-hydrogen) atoms. The van der Waals surface area contributed by atoms with Crippen LogP contribution in [0.4, 0.5) is 10.1 Å². The lowest BCUT2D eigenvalue weighted by Gasteiger charge is -2.21. The number of halogens is 1. The van der Waals surface area contributed by atoms with Crippen molar-refractivity contribution < 1.29 is 19.1 Å². The van der Waals surface area contributed by atoms with Gasteiger partial charge in [0, 0.05) is 27.1 Å². The molecule has 0 spiro atoms. The second kappa shape index (κ2) is 6.00. The molecule has 0 heterocycles. The highest BCUT2D eigenvalue weighted by Gasteiger charge is 2.18. The third-order valence-electron chi connectivity index (χ3n) is 2.55. The van der Waals surface area contributed by atoms with Crippen molar-refractivity contribution in [3.63, 3.8) is 0 Å². The monoisotopic (exact) mass is 254 g/mol. The standard InChI is InChI=1S/C12H15FN2O3/c1-14-10(16)6-7-15(2)11-8(12(17)18)4-3-5-9(11)13/h3-5H,6-7H2,1-2H3,(H,14,16)(H,17,18). The van der Waals surface area contributed by atoms with Crippen molar-refractivity contribution in [1.82, 2.24) is 5.32 Å². The van der Waals surface area contributed by atoms with Gasteiger partial charge in [0.15, 0.2) is 0 Å². The van der Waals surface area contributed by atoms with Gasteiger partial charge in [0.25, 0.3) is 0 Å². The minimum Gasteiger partial charge on any atom is -0.478 e. The van der Waals surface area contributed by atoms with Gasteiger partial charge in [-0.05, 0) is 12.1 Å². The Morgan fingerprint density at radius 3 is 2.67 bits per heavy atom. The molecule has 0 atom stereocenters. The number of aromatic carboxylic acids is 1. The number of nitrogens with one attached hydrogen (secondary N) is 1. The number of anilines is 1. The fourth-order valence-electron chi connectivity index (χ4n) is 1.58. The van der Waals surface area contributed by atoms with Crippen LogP contribution in [0.5, 0.6) is 0 Å². The van der Waals surface area contributed by atoms with E-state index in [4.69, 9.17) is 5.11 Å². The first-order chi connectivity index (χ1) is 8.47. The van der Waals surface area contributed by atoms with Gasteiger partial charge >= 0.3 is 5.97 Å². The number of carboxylic acids is 1. The third-order valence-corrected chi connectivity index (χ3v) is 2.55. The Morgan fingerprint density at radius 2 is 2.11 bits per heavy atom. The summed E-state index contributed by atoms with van der Waals surface area (Å²) in [4.78, 5) is 23.5. The smallest absolute Gasteiger partial charge is 0.337 e. The number of rotatable bonds is 5. The maximum atomic E-state index is 13.7. The van der Waals surface area contributed by atoms with Crippen LogP contribution in [0.1, 0.15) is 16.8 Å².